The van der Waals surface area contributed by atoms with Crippen molar-refractivity contribution in [1.82, 2.24) is 19.7 Å². The van der Waals surface area contributed by atoms with E-state index in [4.69, 9.17) is 0 Å². The Bertz CT molecular complexity index is 967. The number of amides is 1. The summed E-state index contributed by atoms with van der Waals surface area (Å²) in [4.78, 5) is 19.3. The fourth-order valence-electron chi connectivity index (χ4n) is 3.71. The summed E-state index contributed by atoms with van der Waals surface area (Å²) in [5.74, 6) is 0.996. The van der Waals surface area contributed by atoms with E-state index in [0.717, 1.165) is 24.9 Å². The normalized spacial score (nSPS) is 20.9. The number of nitrogens with zero attached hydrogens (tertiary/aromatic N) is 4. The van der Waals surface area contributed by atoms with Crippen molar-refractivity contribution in [1.29, 1.82) is 0 Å². The van der Waals surface area contributed by atoms with Gasteiger partial charge < -0.3 is 4.90 Å². The van der Waals surface area contributed by atoms with E-state index in [-0.39, 0.29) is 17.5 Å². The largest absolute Gasteiger partial charge is 0.333 e. The molecule has 5 nitrogen and oxygen atoms in total. The summed E-state index contributed by atoms with van der Waals surface area (Å²) in [6.45, 7) is 0.778. The molecule has 2 unspecified atom stereocenters. The molecule has 2 heterocycles. The predicted octanol–water partition coefficient (Wildman–Crippen LogP) is 3.31. The van der Waals surface area contributed by atoms with Crippen LogP contribution in [0, 0.1) is 11.7 Å². The number of rotatable bonds is 3. The highest BCUT2D eigenvalue weighted by Crippen LogP contribution is 2.44. The van der Waals surface area contributed by atoms with Crippen LogP contribution in [0.1, 0.15) is 23.5 Å². The molecule has 6 heteroatoms. The van der Waals surface area contributed by atoms with Gasteiger partial charge in [-0.15, -0.1) is 5.10 Å². The lowest BCUT2D eigenvalue weighted by molar-refractivity contribution is 0.0756. The number of hydrogen-bond donors (Lipinski definition) is 0. The molecule has 1 saturated heterocycles. The average Bonchev–Trinajstić information content (AvgIpc) is 3.13. The molecule has 2 fully saturated rings. The number of carbonyl (C=O) groups is 1. The van der Waals surface area contributed by atoms with Crippen LogP contribution < -0.4 is 0 Å². The van der Waals surface area contributed by atoms with Crippen LogP contribution in [0.5, 0.6) is 0 Å². The van der Waals surface area contributed by atoms with Crippen molar-refractivity contribution in [2.45, 2.75) is 18.9 Å². The third kappa shape index (κ3) is 2.49. The van der Waals surface area contributed by atoms with Crippen molar-refractivity contribution >= 4 is 5.91 Å². The highest BCUT2D eigenvalue weighted by atomic mass is 19.1. The Hall–Kier alpha value is -3.02. The molecular formula is C20H17FN4O. The van der Waals surface area contributed by atoms with Gasteiger partial charge in [0, 0.05) is 18.2 Å². The van der Waals surface area contributed by atoms with Crippen molar-refractivity contribution in [3.8, 4) is 17.1 Å². The van der Waals surface area contributed by atoms with Crippen LogP contribution in [0.3, 0.4) is 0 Å². The van der Waals surface area contributed by atoms with E-state index in [9.17, 15) is 9.18 Å². The third-order valence-corrected chi connectivity index (χ3v) is 5.19. The highest BCUT2D eigenvalue weighted by molar-refractivity contribution is 5.92. The van der Waals surface area contributed by atoms with E-state index < -0.39 is 0 Å². The Morgan fingerprint density at radius 3 is 2.50 bits per heavy atom. The van der Waals surface area contributed by atoms with Crippen molar-refractivity contribution in [2.75, 3.05) is 6.54 Å². The number of halogens is 1. The average molecular weight is 348 g/mol. The zero-order chi connectivity index (χ0) is 17.7. The van der Waals surface area contributed by atoms with Gasteiger partial charge in [-0.25, -0.2) is 14.1 Å². The van der Waals surface area contributed by atoms with Crippen molar-refractivity contribution < 1.29 is 9.18 Å². The Balaban J connectivity index is 1.59. The first-order chi connectivity index (χ1) is 12.7. The van der Waals surface area contributed by atoms with Gasteiger partial charge in [0.15, 0.2) is 5.82 Å². The summed E-state index contributed by atoms with van der Waals surface area (Å²) in [7, 11) is 0. The van der Waals surface area contributed by atoms with Gasteiger partial charge in [0.25, 0.3) is 5.91 Å². The Morgan fingerprint density at radius 1 is 1.08 bits per heavy atom. The first kappa shape index (κ1) is 15.3. The molecule has 2 aliphatic rings. The second-order valence-electron chi connectivity index (χ2n) is 6.86. The van der Waals surface area contributed by atoms with Gasteiger partial charge in [-0.3, -0.25) is 4.79 Å². The number of carbonyl (C=O) groups excluding carboxylic acids is 1. The van der Waals surface area contributed by atoms with Crippen LogP contribution in [0.25, 0.3) is 17.1 Å². The lowest BCUT2D eigenvalue weighted by Gasteiger charge is -2.15. The maximum absolute atomic E-state index is 13.3. The molecule has 130 valence electrons. The molecule has 1 saturated carbocycles. The maximum Gasteiger partial charge on any atom is 0.293 e. The second kappa shape index (κ2) is 5.76. The van der Waals surface area contributed by atoms with E-state index >= 15 is 0 Å². The maximum atomic E-state index is 13.3. The molecule has 1 aliphatic carbocycles. The molecule has 2 atom stereocenters. The summed E-state index contributed by atoms with van der Waals surface area (Å²) in [5.41, 5.74) is 1.52. The molecule has 2 aromatic carbocycles. The van der Waals surface area contributed by atoms with Gasteiger partial charge >= 0.3 is 0 Å². The Kier molecular flexibility index (Phi) is 3.38. The first-order valence-corrected chi connectivity index (χ1v) is 8.80. The van der Waals surface area contributed by atoms with Crippen LogP contribution >= 0.6 is 0 Å². The topological polar surface area (TPSA) is 51.0 Å². The van der Waals surface area contributed by atoms with Crippen molar-refractivity contribution in [3.63, 3.8) is 0 Å². The van der Waals surface area contributed by atoms with Gasteiger partial charge in [-0.1, -0.05) is 30.3 Å². The fraction of sp³-hybridized carbons (Fsp3) is 0.250. The number of piperidine rings is 1. The van der Waals surface area contributed by atoms with E-state index in [1.54, 1.807) is 16.8 Å². The number of hydrogen-bond acceptors (Lipinski definition) is 3. The Morgan fingerprint density at radius 2 is 1.85 bits per heavy atom. The van der Waals surface area contributed by atoms with Gasteiger partial charge in [-0.05, 0) is 43.0 Å². The minimum Gasteiger partial charge on any atom is -0.333 e. The summed E-state index contributed by atoms with van der Waals surface area (Å²) in [5, 5.41) is 4.48. The van der Waals surface area contributed by atoms with Gasteiger partial charge in [0.05, 0.1) is 5.69 Å². The predicted molar refractivity (Wildman–Crippen MR) is 94.3 cm³/mol. The number of aromatic nitrogens is 3. The summed E-state index contributed by atoms with van der Waals surface area (Å²) in [6, 6.07) is 16.0. The number of likely N-dealkylation sites (tertiary alicyclic amines) is 1. The Labute approximate surface area is 150 Å². The smallest absolute Gasteiger partial charge is 0.293 e. The van der Waals surface area contributed by atoms with Crippen LogP contribution in [-0.4, -0.2) is 38.2 Å². The highest BCUT2D eigenvalue weighted by Gasteiger charge is 2.49. The zero-order valence-corrected chi connectivity index (χ0v) is 14.0. The molecule has 0 radical (unpaired) electrons. The monoisotopic (exact) mass is 348 g/mol. The van der Waals surface area contributed by atoms with Crippen LogP contribution in [0.2, 0.25) is 0 Å². The van der Waals surface area contributed by atoms with Crippen LogP contribution in [-0.2, 0) is 0 Å². The first-order valence-electron chi connectivity index (χ1n) is 8.80. The molecule has 26 heavy (non-hydrogen) atoms. The molecule has 1 amide bonds. The summed E-state index contributed by atoms with van der Waals surface area (Å²) >= 11 is 0. The molecule has 5 rings (SSSR count). The number of benzene rings is 2. The van der Waals surface area contributed by atoms with Crippen molar-refractivity contribution in [2.24, 2.45) is 5.92 Å². The SMILES string of the molecule is O=C(c1nc(-c2ccccc2)n(-c2ccc(F)cc2)n1)N1CCC2CC21. The van der Waals surface area contributed by atoms with E-state index in [1.165, 1.54) is 12.1 Å². The number of fused-ring (bicyclic) bond motifs is 1. The van der Waals surface area contributed by atoms with E-state index in [0.29, 0.717) is 23.5 Å². The standard InChI is InChI=1S/C20H17FN4O/c21-15-6-8-16(9-7-15)25-19(13-4-2-1-3-5-13)22-18(23-25)20(26)24-11-10-14-12-17(14)24/h1-9,14,17H,10-12H2. The minimum absolute atomic E-state index is 0.118. The van der Waals surface area contributed by atoms with Gasteiger partial charge in [-0.2, -0.15) is 0 Å². The minimum atomic E-state index is -0.316. The molecule has 1 aromatic heterocycles. The van der Waals surface area contributed by atoms with Crippen molar-refractivity contribution in [3.05, 3.63) is 66.2 Å². The van der Waals surface area contributed by atoms with E-state index in [1.807, 2.05) is 35.2 Å². The second-order valence-corrected chi connectivity index (χ2v) is 6.86. The van der Waals surface area contributed by atoms with Crippen LogP contribution in [0.15, 0.2) is 54.6 Å². The van der Waals surface area contributed by atoms with Gasteiger partial charge in [0.2, 0.25) is 5.82 Å². The lowest BCUT2D eigenvalue weighted by Crippen LogP contribution is -2.31. The fourth-order valence-corrected chi connectivity index (χ4v) is 3.71. The van der Waals surface area contributed by atoms with Gasteiger partial charge in [0.1, 0.15) is 5.82 Å². The molecule has 0 bridgehead atoms. The lowest BCUT2D eigenvalue weighted by atomic mass is 10.2. The quantitative estimate of drug-likeness (QED) is 0.730. The summed E-state index contributed by atoms with van der Waals surface area (Å²) in [6.07, 6.45) is 2.16. The van der Waals surface area contributed by atoms with E-state index in [2.05, 4.69) is 10.1 Å². The third-order valence-electron chi connectivity index (χ3n) is 5.19. The molecular weight excluding hydrogens is 331 g/mol. The zero-order valence-electron chi connectivity index (χ0n) is 14.0. The molecule has 1 aliphatic heterocycles. The van der Waals surface area contributed by atoms with Crippen LogP contribution in [0.4, 0.5) is 4.39 Å². The molecule has 0 spiro atoms. The molecule has 0 N–H and O–H groups in total. The summed E-state index contributed by atoms with van der Waals surface area (Å²) < 4.78 is 14.9. The molecule has 3 aromatic rings.